The van der Waals surface area contributed by atoms with Gasteiger partial charge in [0.2, 0.25) is 5.91 Å². The molecule has 0 aliphatic carbocycles. The summed E-state index contributed by atoms with van der Waals surface area (Å²) >= 11 is 0. The summed E-state index contributed by atoms with van der Waals surface area (Å²) in [5.41, 5.74) is 1.12. The molecule has 0 aromatic heterocycles. The standard InChI is InChI=1S/C16H22N2O/c1-4-18(12-14-8-6-5-7-9-14)16(19)10-15(11-17)13(2)3/h5-9,13,15H,4,10,12H2,1-3H3. The van der Waals surface area contributed by atoms with E-state index in [9.17, 15) is 4.79 Å². The highest BCUT2D eigenvalue weighted by Crippen LogP contribution is 2.16. The second-order valence-corrected chi connectivity index (χ2v) is 5.08. The summed E-state index contributed by atoms with van der Waals surface area (Å²) in [6.07, 6.45) is 0.314. The Kier molecular flexibility index (Phi) is 6.08. The van der Waals surface area contributed by atoms with Crippen LogP contribution in [0.5, 0.6) is 0 Å². The van der Waals surface area contributed by atoms with Crippen LogP contribution >= 0.6 is 0 Å². The van der Waals surface area contributed by atoms with Crippen LogP contribution in [-0.2, 0) is 11.3 Å². The fraction of sp³-hybridized carbons (Fsp3) is 0.500. The van der Waals surface area contributed by atoms with Crippen molar-refractivity contribution in [2.24, 2.45) is 11.8 Å². The van der Waals surface area contributed by atoms with E-state index in [0.29, 0.717) is 19.5 Å². The number of hydrogen-bond donors (Lipinski definition) is 0. The van der Waals surface area contributed by atoms with E-state index < -0.39 is 0 Å². The maximum atomic E-state index is 12.2. The number of hydrogen-bond acceptors (Lipinski definition) is 2. The zero-order valence-corrected chi connectivity index (χ0v) is 12.0. The zero-order valence-electron chi connectivity index (χ0n) is 12.0. The van der Waals surface area contributed by atoms with E-state index in [1.54, 1.807) is 0 Å². The molecule has 0 fully saturated rings. The largest absolute Gasteiger partial charge is 0.339 e. The van der Waals surface area contributed by atoms with Crippen molar-refractivity contribution in [1.82, 2.24) is 4.90 Å². The van der Waals surface area contributed by atoms with E-state index in [4.69, 9.17) is 5.26 Å². The molecular formula is C16H22N2O. The van der Waals surface area contributed by atoms with Gasteiger partial charge in [0.1, 0.15) is 0 Å². The predicted molar refractivity (Wildman–Crippen MR) is 76.1 cm³/mol. The van der Waals surface area contributed by atoms with Crippen LogP contribution in [0.3, 0.4) is 0 Å². The topological polar surface area (TPSA) is 44.1 Å². The van der Waals surface area contributed by atoms with Crippen molar-refractivity contribution in [2.75, 3.05) is 6.54 Å². The fourth-order valence-corrected chi connectivity index (χ4v) is 1.93. The van der Waals surface area contributed by atoms with E-state index in [2.05, 4.69) is 6.07 Å². The van der Waals surface area contributed by atoms with Crippen LogP contribution < -0.4 is 0 Å². The van der Waals surface area contributed by atoms with Gasteiger partial charge in [-0.15, -0.1) is 0 Å². The Hall–Kier alpha value is -1.82. The van der Waals surface area contributed by atoms with Crippen molar-refractivity contribution in [3.05, 3.63) is 35.9 Å². The molecule has 0 aliphatic rings. The van der Waals surface area contributed by atoms with Gasteiger partial charge in [-0.05, 0) is 18.4 Å². The first kappa shape index (κ1) is 15.2. The average Bonchev–Trinajstić information content (AvgIpc) is 2.42. The molecule has 0 bridgehead atoms. The van der Waals surface area contributed by atoms with Crippen LogP contribution in [-0.4, -0.2) is 17.4 Å². The second-order valence-electron chi connectivity index (χ2n) is 5.08. The van der Waals surface area contributed by atoms with Crippen LogP contribution in [0.1, 0.15) is 32.8 Å². The van der Waals surface area contributed by atoms with E-state index in [1.165, 1.54) is 0 Å². The first-order valence-corrected chi connectivity index (χ1v) is 6.79. The number of amides is 1. The predicted octanol–water partition coefficient (Wildman–Crippen LogP) is 3.22. The Labute approximate surface area is 115 Å². The van der Waals surface area contributed by atoms with Crippen molar-refractivity contribution >= 4 is 5.91 Å². The average molecular weight is 258 g/mol. The lowest BCUT2D eigenvalue weighted by atomic mass is 9.93. The van der Waals surface area contributed by atoms with Gasteiger partial charge >= 0.3 is 0 Å². The highest BCUT2D eigenvalue weighted by molar-refractivity contribution is 5.76. The molecular weight excluding hydrogens is 236 g/mol. The summed E-state index contributed by atoms with van der Waals surface area (Å²) in [7, 11) is 0. The molecule has 3 nitrogen and oxygen atoms in total. The number of benzene rings is 1. The third-order valence-corrected chi connectivity index (χ3v) is 3.32. The fourth-order valence-electron chi connectivity index (χ4n) is 1.93. The maximum Gasteiger partial charge on any atom is 0.224 e. The summed E-state index contributed by atoms with van der Waals surface area (Å²) in [6.45, 7) is 7.22. The summed E-state index contributed by atoms with van der Waals surface area (Å²) in [5.74, 6) is 0.0771. The third-order valence-electron chi connectivity index (χ3n) is 3.32. The van der Waals surface area contributed by atoms with Gasteiger partial charge in [-0.3, -0.25) is 4.79 Å². The SMILES string of the molecule is CCN(Cc1ccccc1)C(=O)CC(C#N)C(C)C. The van der Waals surface area contributed by atoms with Crippen molar-refractivity contribution in [3.63, 3.8) is 0 Å². The molecule has 0 heterocycles. The Morgan fingerprint density at radius 2 is 1.95 bits per heavy atom. The summed E-state index contributed by atoms with van der Waals surface area (Å²) < 4.78 is 0. The lowest BCUT2D eigenvalue weighted by Gasteiger charge is -2.23. The Balaban J connectivity index is 2.65. The smallest absolute Gasteiger partial charge is 0.224 e. The summed E-state index contributed by atoms with van der Waals surface area (Å²) in [4.78, 5) is 14.0. The Morgan fingerprint density at radius 3 is 2.42 bits per heavy atom. The van der Waals surface area contributed by atoms with Crippen molar-refractivity contribution < 1.29 is 4.79 Å². The molecule has 1 atom stereocenters. The molecule has 102 valence electrons. The van der Waals surface area contributed by atoms with Gasteiger partial charge in [0.15, 0.2) is 0 Å². The zero-order chi connectivity index (χ0) is 14.3. The molecule has 1 amide bonds. The first-order chi connectivity index (χ1) is 9.08. The van der Waals surface area contributed by atoms with Crippen LogP contribution in [0.2, 0.25) is 0 Å². The molecule has 1 rings (SSSR count). The molecule has 0 spiro atoms. The van der Waals surface area contributed by atoms with Crippen molar-refractivity contribution in [3.8, 4) is 6.07 Å². The molecule has 1 aromatic rings. The Bertz CT molecular complexity index is 434. The molecule has 19 heavy (non-hydrogen) atoms. The van der Waals surface area contributed by atoms with E-state index in [1.807, 2.05) is 56.0 Å². The van der Waals surface area contributed by atoms with Crippen LogP contribution in [0.4, 0.5) is 0 Å². The summed E-state index contributed by atoms with van der Waals surface area (Å²) in [5, 5.41) is 9.07. The highest BCUT2D eigenvalue weighted by Gasteiger charge is 2.20. The molecule has 0 N–H and O–H groups in total. The van der Waals surface area contributed by atoms with Gasteiger partial charge in [0.25, 0.3) is 0 Å². The normalized spacial score (nSPS) is 11.9. The highest BCUT2D eigenvalue weighted by atomic mass is 16.2. The molecule has 0 radical (unpaired) electrons. The van der Waals surface area contributed by atoms with E-state index in [0.717, 1.165) is 5.56 Å². The minimum absolute atomic E-state index is 0.0617. The number of nitriles is 1. The van der Waals surface area contributed by atoms with Gasteiger partial charge in [-0.2, -0.15) is 5.26 Å². The van der Waals surface area contributed by atoms with Gasteiger partial charge in [0.05, 0.1) is 12.0 Å². The number of rotatable bonds is 6. The molecule has 0 saturated carbocycles. The first-order valence-electron chi connectivity index (χ1n) is 6.79. The van der Waals surface area contributed by atoms with Gasteiger partial charge in [-0.1, -0.05) is 44.2 Å². The van der Waals surface area contributed by atoms with Crippen molar-refractivity contribution in [2.45, 2.75) is 33.7 Å². The molecule has 0 saturated heterocycles. The van der Waals surface area contributed by atoms with E-state index in [-0.39, 0.29) is 17.7 Å². The quantitative estimate of drug-likeness (QED) is 0.786. The maximum absolute atomic E-state index is 12.2. The van der Waals surface area contributed by atoms with Crippen molar-refractivity contribution in [1.29, 1.82) is 5.26 Å². The lowest BCUT2D eigenvalue weighted by Crippen LogP contribution is -2.32. The van der Waals surface area contributed by atoms with Gasteiger partial charge < -0.3 is 4.90 Å². The van der Waals surface area contributed by atoms with E-state index >= 15 is 0 Å². The minimum atomic E-state index is -0.197. The Morgan fingerprint density at radius 1 is 1.32 bits per heavy atom. The molecule has 0 aliphatic heterocycles. The van der Waals surface area contributed by atoms with Crippen LogP contribution in [0.15, 0.2) is 30.3 Å². The second kappa shape index (κ2) is 7.58. The van der Waals surface area contributed by atoms with Gasteiger partial charge in [0, 0.05) is 19.5 Å². The van der Waals surface area contributed by atoms with Crippen LogP contribution in [0.25, 0.3) is 0 Å². The minimum Gasteiger partial charge on any atom is -0.339 e. The van der Waals surface area contributed by atoms with Gasteiger partial charge in [-0.25, -0.2) is 0 Å². The third kappa shape index (κ3) is 4.75. The summed E-state index contributed by atoms with van der Waals surface area (Å²) in [6, 6.07) is 12.2. The number of nitrogens with zero attached hydrogens (tertiary/aromatic N) is 2. The number of carbonyl (C=O) groups is 1. The number of carbonyl (C=O) groups excluding carboxylic acids is 1. The monoisotopic (exact) mass is 258 g/mol. The molecule has 3 heteroatoms. The molecule has 1 unspecified atom stereocenters. The lowest BCUT2D eigenvalue weighted by molar-refractivity contribution is -0.132. The molecule has 1 aromatic carbocycles. The van der Waals surface area contributed by atoms with Crippen LogP contribution in [0, 0.1) is 23.2 Å².